The van der Waals surface area contributed by atoms with Crippen molar-refractivity contribution in [2.75, 3.05) is 13.7 Å². The molecule has 2 aromatic heterocycles. The maximum Gasteiger partial charge on any atom is 0.355 e. The summed E-state index contributed by atoms with van der Waals surface area (Å²) in [6.45, 7) is 0.0705. The van der Waals surface area contributed by atoms with Gasteiger partial charge in [-0.3, -0.25) is 9.59 Å². The van der Waals surface area contributed by atoms with Gasteiger partial charge in [-0.25, -0.2) is 4.79 Å². The highest BCUT2D eigenvalue weighted by Crippen LogP contribution is 2.11. The summed E-state index contributed by atoms with van der Waals surface area (Å²) in [7, 11) is 1.64. The number of hydrogen-bond donors (Lipinski definition) is 1. The molecule has 1 aromatic carbocycles. The maximum atomic E-state index is 12.1. The van der Waals surface area contributed by atoms with Crippen molar-refractivity contribution in [1.82, 2.24) is 9.88 Å². The van der Waals surface area contributed by atoms with Crippen LogP contribution in [0, 0.1) is 0 Å². The van der Waals surface area contributed by atoms with Crippen molar-refractivity contribution in [3.63, 3.8) is 0 Å². The number of nitrogens with one attached hydrogen (secondary N) is 1. The topological polar surface area (TPSA) is 79.5 Å². The first-order chi connectivity index (χ1) is 12.0. The van der Waals surface area contributed by atoms with E-state index in [-0.39, 0.29) is 23.8 Å². The van der Waals surface area contributed by atoms with Gasteiger partial charge in [0.25, 0.3) is 11.5 Å². The highest BCUT2D eigenvalue weighted by molar-refractivity contribution is 7.07. The van der Waals surface area contributed by atoms with Crippen molar-refractivity contribution >= 4 is 34.0 Å². The molecule has 3 rings (SSSR count). The van der Waals surface area contributed by atoms with E-state index < -0.39 is 5.97 Å². The van der Waals surface area contributed by atoms with Crippen LogP contribution in [0.4, 0.5) is 0 Å². The van der Waals surface area contributed by atoms with Gasteiger partial charge < -0.3 is 14.6 Å². The normalized spacial score (nSPS) is 10.6. The number of fused-ring (bicyclic) bond motifs is 1. The number of aromatic nitrogens is 1. The van der Waals surface area contributed by atoms with Crippen LogP contribution in [-0.4, -0.2) is 35.4 Å². The molecule has 0 saturated heterocycles. The molecular formula is C18H16N2O4S. The molecular weight excluding hydrogens is 340 g/mol. The Kier molecular flexibility index (Phi) is 4.95. The number of benzene rings is 1. The van der Waals surface area contributed by atoms with Crippen molar-refractivity contribution in [2.24, 2.45) is 0 Å². The van der Waals surface area contributed by atoms with Crippen LogP contribution < -0.4 is 5.56 Å². The Morgan fingerprint density at radius 2 is 2.04 bits per heavy atom. The number of rotatable bonds is 5. The lowest BCUT2D eigenvalue weighted by Crippen LogP contribution is -2.31. The second-order valence-corrected chi connectivity index (χ2v) is 6.34. The van der Waals surface area contributed by atoms with E-state index in [1.165, 1.54) is 4.90 Å². The lowest BCUT2D eigenvalue weighted by molar-refractivity contribution is -0.133. The van der Waals surface area contributed by atoms with E-state index in [2.05, 4.69) is 4.98 Å². The smallest absolute Gasteiger partial charge is 0.355 e. The highest BCUT2D eigenvalue weighted by atomic mass is 32.1. The molecule has 0 saturated carbocycles. The third kappa shape index (κ3) is 3.95. The van der Waals surface area contributed by atoms with E-state index in [1.54, 1.807) is 48.7 Å². The van der Waals surface area contributed by atoms with Crippen molar-refractivity contribution in [1.29, 1.82) is 0 Å². The molecule has 0 spiro atoms. The number of carbonyl (C=O) groups excluding carboxylic acids is 2. The standard InChI is InChI=1S/C18H16N2O4S/c1-20(9-12-6-7-25-11-12)16(21)10-24-18(23)15-8-13-4-2-3-5-14(13)17(22)19-15/h2-8,11H,9-10H2,1H3,(H,19,22). The molecule has 3 aromatic rings. The van der Waals surface area contributed by atoms with Crippen LogP contribution in [0.2, 0.25) is 0 Å². The molecule has 0 aliphatic rings. The molecule has 0 fully saturated rings. The number of esters is 1. The van der Waals surface area contributed by atoms with E-state index in [0.717, 1.165) is 5.56 Å². The summed E-state index contributed by atoms with van der Waals surface area (Å²) in [4.78, 5) is 40.1. The number of aromatic amines is 1. The molecule has 0 aliphatic carbocycles. The summed E-state index contributed by atoms with van der Waals surface area (Å²) in [5.74, 6) is -1.05. The summed E-state index contributed by atoms with van der Waals surface area (Å²) in [5, 5.41) is 5.02. The fraction of sp³-hybridized carbons (Fsp3) is 0.167. The fourth-order valence-electron chi connectivity index (χ4n) is 2.38. The monoisotopic (exact) mass is 356 g/mol. The first-order valence-corrected chi connectivity index (χ1v) is 8.53. The maximum absolute atomic E-state index is 12.1. The Balaban J connectivity index is 1.64. The molecule has 25 heavy (non-hydrogen) atoms. The van der Waals surface area contributed by atoms with Crippen molar-refractivity contribution in [3.05, 3.63) is 68.8 Å². The quantitative estimate of drug-likeness (QED) is 0.712. The van der Waals surface area contributed by atoms with E-state index >= 15 is 0 Å². The van der Waals surface area contributed by atoms with Gasteiger partial charge in [0.05, 0.1) is 0 Å². The Morgan fingerprint density at radius 1 is 1.24 bits per heavy atom. The minimum Gasteiger partial charge on any atom is -0.451 e. The third-order valence-electron chi connectivity index (χ3n) is 3.73. The molecule has 0 aliphatic heterocycles. The molecule has 0 atom stereocenters. The zero-order valence-corrected chi connectivity index (χ0v) is 14.3. The average Bonchev–Trinajstić information content (AvgIpc) is 3.12. The summed E-state index contributed by atoms with van der Waals surface area (Å²) < 4.78 is 5.04. The zero-order valence-electron chi connectivity index (χ0n) is 13.5. The Hall–Kier alpha value is -2.93. The van der Waals surface area contributed by atoms with Gasteiger partial charge in [-0.05, 0) is 39.9 Å². The van der Waals surface area contributed by atoms with Crippen LogP contribution in [0.25, 0.3) is 10.8 Å². The number of carbonyl (C=O) groups is 2. The van der Waals surface area contributed by atoms with Gasteiger partial charge in [-0.2, -0.15) is 11.3 Å². The molecule has 128 valence electrons. The lowest BCUT2D eigenvalue weighted by Gasteiger charge is -2.16. The Labute approximate surface area is 147 Å². The van der Waals surface area contributed by atoms with E-state index in [1.807, 2.05) is 16.8 Å². The van der Waals surface area contributed by atoms with Gasteiger partial charge in [0, 0.05) is 19.0 Å². The van der Waals surface area contributed by atoms with E-state index in [4.69, 9.17) is 4.74 Å². The van der Waals surface area contributed by atoms with Gasteiger partial charge in [-0.1, -0.05) is 18.2 Å². The molecule has 6 nitrogen and oxygen atoms in total. The average molecular weight is 356 g/mol. The molecule has 0 bridgehead atoms. The van der Waals surface area contributed by atoms with Gasteiger partial charge >= 0.3 is 5.97 Å². The first-order valence-electron chi connectivity index (χ1n) is 7.59. The number of thiophene rings is 1. The zero-order chi connectivity index (χ0) is 17.8. The van der Waals surface area contributed by atoms with E-state index in [0.29, 0.717) is 17.3 Å². The number of likely N-dealkylation sites (N-methyl/N-ethyl adjacent to an activating group) is 1. The largest absolute Gasteiger partial charge is 0.451 e. The number of amides is 1. The second kappa shape index (κ2) is 7.31. The number of hydrogen-bond acceptors (Lipinski definition) is 5. The molecule has 0 radical (unpaired) electrons. The summed E-state index contributed by atoms with van der Waals surface area (Å²) >= 11 is 1.55. The predicted octanol–water partition coefficient (Wildman–Crippen LogP) is 2.41. The summed E-state index contributed by atoms with van der Waals surface area (Å²) in [5.41, 5.74) is 0.675. The van der Waals surface area contributed by atoms with Gasteiger partial charge in [0.2, 0.25) is 0 Å². The van der Waals surface area contributed by atoms with Crippen molar-refractivity contribution in [2.45, 2.75) is 6.54 Å². The van der Waals surface area contributed by atoms with E-state index in [9.17, 15) is 14.4 Å². The van der Waals surface area contributed by atoms with Crippen LogP contribution in [0.1, 0.15) is 16.1 Å². The molecule has 0 unspecified atom stereocenters. The molecule has 1 N–H and O–H groups in total. The second-order valence-electron chi connectivity index (χ2n) is 5.56. The minimum absolute atomic E-state index is 0.0250. The third-order valence-corrected chi connectivity index (χ3v) is 4.46. The number of ether oxygens (including phenoxy) is 1. The summed E-state index contributed by atoms with van der Waals surface area (Å²) in [6.07, 6.45) is 0. The summed E-state index contributed by atoms with van der Waals surface area (Å²) in [6, 6.07) is 10.4. The van der Waals surface area contributed by atoms with Crippen molar-refractivity contribution < 1.29 is 14.3 Å². The Morgan fingerprint density at radius 3 is 2.80 bits per heavy atom. The molecule has 2 heterocycles. The molecule has 1 amide bonds. The van der Waals surface area contributed by atoms with Crippen LogP contribution in [-0.2, 0) is 16.1 Å². The fourth-order valence-corrected chi connectivity index (χ4v) is 3.04. The Bertz CT molecular complexity index is 963. The number of pyridine rings is 1. The van der Waals surface area contributed by atoms with Crippen molar-refractivity contribution in [3.8, 4) is 0 Å². The van der Waals surface area contributed by atoms with Crippen LogP contribution >= 0.6 is 11.3 Å². The van der Waals surface area contributed by atoms with Crippen LogP contribution in [0.15, 0.2) is 52.0 Å². The lowest BCUT2D eigenvalue weighted by atomic mass is 10.1. The van der Waals surface area contributed by atoms with Gasteiger partial charge in [0.1, 0.15) is 5.69 Å². The number of H-pyrrole nitrogens is 1. The van der Waals surface area contributed by atoms with Gasteiger partial charge in [-0.15, -0.1) is 0 Å². The van der Waals surface area contributed by atoms with Crippen LogP contribution in [0.3, 0.4) is 0 Å². The number of nitrogens with zero attached hydrogens (tertiary/aromatic N) is 1. The molecule has 7 heteroatoms. The van der Waals surface area contributed by atoms with Crippen LogP contribution in [0.5, 0.6) is 0 Å². The first kappa shape index (κ1) is 16.9. The predicted molar refractivity (Wildman–Crippen MR) is 95.6 cm³/mol. The minimum atomic E-state index is -0.736. The van der Waals surface area contributed by atoms with Gasteiger partial charge in [0.15, 0.2) is 6.61 Å². The SMILES string of the molecule is CN(Cc1ccsc1)C(=O)COC(=O)c1cc2ccccc2c(=O)[nH]1. The highest BCUT2D eigenvalue weighted by Gasteiger charge is 2.15.